The number of phenols is 1. The van der Waals surface area contributed by atoms with E-state index in [1.54, 1.807) is 26.3 Å². The smallest absolute Gasteiger partial charge is 0.191 e. The fraction of sp³-hybridized carbons (Fsp3) is 0.526. The summed E-state index contributed by atoms with van der Waals surface area (Å²) in [5, 5.41) is 16.7. The van der Waals surface area contributed by atoms with E-state index in [-0.39, 0.29) is 29.7 Å². The number of hydrogen-bond acceptors (Lipinski definition) is 4. The molecule has 146 valence electrons. The molecule has 0 amide bonds. The summed E-state index contributed by atoms with van der Waals surface area (Å²) in [7, 11) is 3.38. The molecule has 1 heterocycles. The van der Waals surface area contributed by atoms with E-state index in [0.717, 1.165) is 49.7 Å². The molecule has 0 atom stereocenters. The Balaban J connectivity index is 0.00000338. The fourth-order valence-corrected chi connectivity index (χ4v) is 3.01. The van der Waals surface area contributed by atoms with Gasteiger partial charge in [0.2, 0.25) is 0 Å². The number of guanidine groups is 1. The number of benzene rings is 1. The molecular weight excluding hydrogens is 443 g/mol. The minimum absolute atomic E-state index is 0. The van der Waals surface area contributed by atoms with Crippen LogP contribution >= 0.6 is 24.0 Å². The number of nitrogens with one attached hydrogen (secondary N) is 2. The summed E-state index contributed by atoms with van der Waals surface area (Å²) in [6, 6.07) is 5.62. The lowest BCUT2D eigenvalue weighted by Crippen LogP contribution is -2.48. The van der Waals surface area contributed by atoms with Gasteiger partial charge in [0, 0.05) is 44.8 Å². The van der Waals surface area contributed by atoms with E-state index in [9.17, 15) is 5.11 Å². The van der Waals surface area contributed by atoms with E-state index in [4.69, 9.17) is 4.74 Å². The van der Waals surface area contributed by atoms with Gasteiger partial charge in [-0.1, -0.05) is 12.2 Å². The average Bonchev–Trinajstić information content (AvgIpc) is 2.60. The number of halogens is 1. The zero-order chi connectivity index (χ0) is 18.2. The summed E-state index contributed by atoms with van der Waals surface area (Å²) in [6.07, 6.45) is 2.16. The Morgan fingerprint density at radius 3 is 2.65 bits per heavy atom. The van der Waals surface area contributed by atoms with Crippen LogP contribution in [0.3, 0.4) is 0 Å². The Morgan fingerprint density at radius 1 is 1.38 bits per heavy atom. The fourth-order valence-electron chi connectivity index (χ4n) is 3.01. The molecule has 26 heavy (non-hydrogen) atoms. The number of aromatic hydroxyl groups is 1. The molecule has 3 N–H and O–H groups in total. The summed E-state index contributed by atoms with van der Waals surface area (Å²) < 4.78 is 5.21. The molecule has 1 aliphatic heterocycles. The summed E-state index contributed by atoms with van der Waals surface area (Å²) in [5.74, 6) is 1.72. The van der Waals surface area contributed by atoms with Crippen molar-refractivity contribution in [2.75, 3.05) is 33.8 Å². The van der Waals surface area contributed by atoms with E-state index in [1.165, 1.54) is 5.57 Å². The first-order valence-electron chi connectivity index (χ1n) is 8.71. The second-order valence-corrected chi connectivity index (χ2v) is 6.57. The summed E-state index contributed by atoms with van der Waals surface area (Å²) in [5.41, 5.74) is 1.99. The molecule has 1 aromatic rings. The summed E-state index contributed by atoms with van der Waals surface area (Å²) in [6.45, 7) is 9.66. The van der Waals surface area contributed by atoms with Crippen LogP contribution in [0.25, 0.3) is 0 Å². The third-order valence-electron chi connectivity index (χ3n) is 4.38. The van der Waals surface area contributed by atoms with E-state index in [2.05, 4.69) is 34.0 Å². The van der Waals surface area contributed by atoms with Crippen molar-refractivity contribution < 1.29 is 9.84 Å². The van der Waals surface area contributed by atoms with Crippen molar-refractivity contribution in [3.05, 3.63) is 35.9 Å². The molecule has 0 unspecified atom stereocenters. The van der Waals surface area contributed by atoms with Gasteiger partial charge in [0.15, 0.2) is 5.96 Å². The normalized spacial score (nSPS) is 15.9. The van der Waals surface area contributed by atoms with Gasteiger partial charge in [-0.2, -0.15) is 0 Å². The van der Waals surface area contributed by atoms with Crippen LogP contribution in [0, 0.1) is 0 Å². The van der Waals surface area contributed by atoms with Gasteiger partial charge in [-0.3, -0.25) is 9.89 Å². The Labute approximate surface area is 173 Å². The number of ether oxygens (including phenoxy) is 1. The molecule has 0 bridgehead atoms. The highest BCUT2D eigenvalue weighted by Crippen LogP contribution is 2.22. The minimum Gasteiger partial charge on any atom is -0.508 e. The SMILES string of the molecule is C=C(C)CN1CCC(NC(=NC)NCc2cc(OC)ccc2O)CC1.I. The van der Waals surface area contributed by atoms with Crippen molar-refractivity contribution >= 4 is 29.9 Å². The molecule has 7 heteroatoms. The first-order chi connectivity index (χ1) is 12.0. The third-order valence-corrected chi connectivity index (χ3v) is 4.38. The van der Waals surface area contributed by atoms with Crippen molar-refractivity contribution in [3.63, 3.8) is 0 Å². The van der Waals surface area contributed by atoms with Crippen LogP contribution in [0.4, 0.5) is 0 Å². The second kappa shape index (κ2) is 11.3. The number of phenolic OH excluding ortho intramolecular Hbond substituents is 1. The lowest BCUT2D eigenvalue weighted by atomic mass is 10.0. The average molecular weight is 474 g/mol. The first kappa shape index (κ1) is 22.6. The van der Waals surface area contributed by atoms with Gasteiger partial charge in [0.25, 0.3) is 0 Å². The zero-order valence-electron chi connectivity index (χ0n) is 15.9. The lowest BCUT2D eigenvalue weighted by molar-refractivity contribution is 0.221. The number of piperidine rings is 1. The highest BCUT2D eigenvalue weighted by atomic mass is 127. The van der Waals surface area contributed by atoms with E-state index in [1.807, 2.05) is 6.07 Å². The standard InChI is InChI=1S/C19H30N4O2.HI/c1-14(2)13-23-9-7-16(8-10-23)22-19(20-3)21-12-15-11-17(25-4)5-6-18(15)24;/h5-6,11,16,24H,1,7-10,12-13H2,2-4H3,(H2,20,21,22);1H. The molecule has 1 aromatic carbocycles. The number of methoxy groups -OCH3 is 1. The van der Waals surface area contributed by atoms with Gasteiger partial charge in [-0.25, -0.2) is 0 Å². The third kappa shape index (κ3) is 7.03. The topological polar surface area (TPSA) is 69.1 Å². The highest BCUT2D eigenvalue weighted by molar-refractivity contribution is 14.0. The lowest BCUT2D eigenvalue weighted by Gasteiger charge is -2.33. The molecule has 0 radical (unpaired) electrons. The molecule has 1 saturated heterocycles. The number of nitrogens with zero attached hydrogens (tertiary/aromatic N) is 2. The van der Waals surface area contributed by atoms with Crippen LogP contribution in [0.5, 0.6) is 11.5 Å². The van der Waals surface area contributed by atoms with Gasteiger partial charge < -0.3 is 20.5 Å². The van der Waals surface area contributed by atoms with E-state index >= 15 is 0 Å². The molecule has 0 saturated carbocycles. The Kier molecular flexibility index (Phi) is 9.79. The van der Waals surface area contributed by atoms with Crippen molar-refractivity contribution in [3.8, 4) is 11.5 Å². The van der Waals surface area contributed by atoms with Gasteiger partial charge in [0.05, 0.1) is 7.11 Å². The highest BCUT2D eigenvalue weighted by Gasteiger charge is 2.19. The van der Waals surface area contributed by atoms with E-state index < -0.39 is 0 Å². The second-order valence-electron chi connectivity index (χ2n) is 6.57. The van der Waals surface area contributed by atoms with Crippen LogP contribution in [-0.4, -0.2) is 55.8 Å². The van der Waals surface area contributed by atoms with Crippen LogP contribution in [0.2, 0.25) is 0 Å². The number of aliphatic imine (C=N–C) groups is 1. The quantitative estimate of drug-likeness (QED) is 0.256. The molecule has 6 nitrogen and oxygen atoms in total. The van der Waals surface area contributed by atoms with Gasteiger partial charge in [-0.15, -0.1) is 24.0 Å². The predicted octanol–water partition coefficient (Wildman–Crippen LogP) is 2.72. The number of likely N-dealkylation sites (tertiary alicyclic amines) is 1. The Bertz CT molecular complexity index is 614. The maximum atomic E-state index is 9.97. The van der Waals surface area contributed by atoms with Gasteiger partial charge >= 0.3 is 0 Å². The van der Waals surface area contributed by atoms with Crippen LogP contribution < -0.4 is 15.4 Å². The summed E-state index contributed by atoms with van der Waals surface area (Å²) in [4.78, 5) is 6.73. The van der Waals surface area contributed by atoms with Crippen molar-refractivity contribution in [2.45, 2.75) is 32.4 Å². The summed E-state index contributed by atoms with van der Waals surface area (Å²) >= 11 is 0. The largest absolute Gasteiger partial charge is 0.508 e. The monoisotopic (exact) mass is 474 g/mol. The maximum Gasteiger partial charge on any atom is 0.191 e. The Morgan fingerprint density at radius 2 is 2.08 bits per heavy atom. The van der Waals surface area contributed by atoms with Crippen molar-refractivity contribution in [1.82, 2.24) is 15.5 Å². The maximum absolute atomic E-state index is 9.97. The predicted molar refractivity (Wildman–Crippen MR) is 118 cm³/mol. The van der Waals surface area contributed by atoms with E-state index in [0.29, 0.717) is 12.6 Å². The van der Waals surface area contributed by atoms with Crippen LogP contribution in [0.1, 0.15) is 25.3 Å². The number of hydrogen-bond donors (Lipinski definition) is 3. The molecule has 0 aliphatic carbocycles. The molecule has 0 spiro atoms. The van der Waals surface area contributed by atoms with Crippen LogP contribution in [-0.2, 0) is 6.54 Å². The van der Waals surface area contributed by atoms with Crippen molar-refractivity contribution in [1.29, 1.82) is 0 Å². The first-order valence-corrected chi connectivity index (χ1v) is 8.71. The Hall–Kier alpha value is -1.48. The van der Waals surface area contributed by atoms with Crippen LogP contribution in [0.15, 0.2) is 35.3 Å². The van der Waals surface area contributed by atoms with Gasteiger partial charge in [0.1, 0.15) is 11.5 Å². The zero-order valence-corrected chi connectivity index (χ0v) is 18.2. The molecule has 2 rings (SSSR count). The molecular formula is C19H31IN4O2. The van der Waals surface area contributed by atoms with Crippen molar-refractivity contribution in [2.24, 2.45) is 4.99 Å². The molecule has 1 aliphatic rings. The molecule has 0 aromatic heterocycles. The minimum atomic E-state index is 0. The number of rotatable bonds is 6. The van der Waals surface area contributed by atoms with Gasteiger partial charge in [-0.05, 0) is 38.0 Å². The molecule has 1 fully saturated rings.